The summed E-state index contributed by atoms with van der Waals surface area (Å²) in [6.07, 6.45) is 13.9. The van der Waals surface area contributed by atoms with Crippen molar-refractivity contribution in [2.45, 2.75) is 57.5 Å². The summed E-state index contributed by atoms with van der Waals surface area (Å²) in [6.45, 7) is 2.47. The Morgan fingerprint density at radius 2 is 2.14 bits per heavy atom. The molecule has 1 aromatic heterocycles. The molecule has 0 radical (unpaired) electrons. The molecule has 21 heavy (non-hydrogen) atoms. The standard InChI is InChI=1S/C19H24O2/c1-18-7-5-16-13(6-9-21-16)14(18)4-8-19-10-12(15(20)11-19)2-3-17(18)19/h5-7,9,12,14-15,17,20H,2-4,8,10-11H2,1H3/t12?,14?,15?,17?,18-,19+/m1/s1. The van der Waals surface area contributed by atoms with Gasteiger partial charge in [0, 0.05) is 5.56 Å². The Hall–Kier alpha value is -1.02. The van der Waals surface area contributed by atoms with Crippen molar-refractivity contribution in [3.8, 4) is 0 Å². The average molecular weight is 284 g/mol. The van der Waals surface area contributed by atoms with Gasteiger partial charge in [0.05, 0.1) is 12.4 Å². The molecular formula is C19H24O2. The van der Waals surface area contributed by atoms with Crippen LogP contribution in [-0.2, 0) is 0 Å². The van der Waals surface area contributed by atoms with Gasteiger partial charge in [0.15, 0.2) is 0 Å². The van der Waals surface area contributed by atoms with Crippen LogP contribution in [-0.4, -0.2) is 11.2 Å². The molecule has 4 aliphatic rings. The monoisotopic (exact) mass is 284 g/mol. The van der Waals surface area contributed by atoms with Crippen molar-refractivity contribution in [3.63, 3.8) is 0 Å². The third kappa shape index (κ3) is 1.42. The Balaban J connectivity index is 1.61. The molecule has 1 N–H and O–H groups in total. The van der Waals surface area contributed by atoms with E-state index in [0.29, 0.717) is 17.3 Å². The van der Waals surface area contributed by atoms with E-state index in [0.717, 1.165) is 18.1 Å². The van der Waals surface area contributed by atoms with E-state index in [1.54, 1.807) is 0 Å². The third-order valence-corrected chi connectivity index (χ3v) is 7.52. The lowest BCUT2D eigenvalue weighted by Gasteiger charge is -2.58. The van der Waals surface area contributed by atoms with Gasteiger partial charge < -0.3 is 9.52 Å². The molecule has 5 rings (SSSR count). The van der Waals surface area contributed by atoms with Gasteiger partial charge in [-0.2, -0.15) is 0 Å². The van der Waals surface area contributed by atoms with E-state index in [9.17, 15) is 5.11 Å². The Morgan fingerprint density at radius 1 is 1.24 bits per heavy atom. The quantitative estimate of drug-likeness (QED) is 0.768. The van der Waals surface area contributed by atoms with E-state index in [-0.39, 0.29) is 11.5 Å². The minimum absolute atomic E-state index is 0.0350. The Labute approximate surface area is 126 Å². The highest BCUT2D eigenvalue weighted by molar-refractivity contribution is 5.55. The fourth-order valence-electron chi connectivity index (χ4n) is 6.66. The summed E-state index contributed by atoms with van der Waals surface area (Å²) in [6, 6.07) is 2.19. The van der Waals surface area contributed by atoms with Crippen molar-refractivity contribution in [1.82, 2.24) is 0 Å². The molecule has 0 aliphatic heterocycles. The maximum atomic E-state index is 10.4. The maximum absolute atomic E-state index is 10.4. The van der Waals surface area contributed by atoms with Crippen LogP contribution in [0.2, 0.25) is 0 Å². The van der Waals surface area contributed by atoms with Gasteiger partial charge in [-0.1, -0.05) is 13.0 Å². The molecule has 1 aromatic rings. The first-order valence-corrected chi connectivity index (χ1v) is 8.57. The van der Waals surface area contributed by atoms with Crippen LogP contribution in [0.3, 0.4) is 0 Å². The van der Waals surface area contributed by atoms with Crippen LogP contribution in [0.4, 0.5) is 0 Å². The Kier molecular flexibility index (Phi) is 2.29. The largest absolute Gasteiger partial charge is 0.465 e. The predicted molar refractivity (Wildman–Crippen MR) is 81.7 cm³/mol. The first-order chi connectivity index (χ1) is 10.1. The summed E-state index contributed by atoms with van der Waals surface area (Å²) in [5, 5.41) is 10.4. The number of fused-ring (bicyclic) bond motifs is 5. The van der Waals surface area contributed by atoms with Crippen LogP contribution in [0.15, 0.2) is 22.8 Å². The highest BCUT2D eigenvalue weighted by Gasteiger charge is 2.61. The molecule has 3 fully saturated rings. The summed E-state index contributed by atoms with van der Waals surface area (Å²) in [7, 11) is 0. The molecule has 2 nitrogen and oxygen atoms in total. The minimum Gasteiger partial charge on any atom is -0.465 e. The minimum atomic E-state index is -0.0350. The SMILES string of the molecule is C[C@@]12C=Cc3occc3C1CC[C@]13CC(O)C(CCC12)C3. The lowest BCUT2D eigenvalue weighted by Crippen LogP contribution is -2.49. The summed E-state index contributed by atoms with van der Waals surface area (Å²) in [5.74, 6) is 3.00. The zero-order chi connectivity index (χ0) is 14.2. The molecule has 1 spiro atoms. The lowest BCUT2D eigenvalue weighted by molar-refractivity contribution is -0.0335. The Morgan fingerprint density at radius 3 is 3.05 bits per heavy atom. The second-order valence-corrected chi connectivity index (χ2v) is 8.26. The number of aliphatic hydroxyl groups is 1. The molecule has 4 aliphatic carbocycles. The number of furan rings is 1. The molecule has 4 unspecified atom stereocenters. The van der Waals surface area contributed by atoms with Gasteiger partial charge in [-0.15, -0.1) is 0 Å². The van der Waals surface area contributed by atoms with Crippen molar-refractivity contribution in [3.05, 3.63) is 29.7 Å². The van der Waals surface area contributed by atoms with E-state index < -0.39 is 0 Å². The van der Waals surface area contributed by atoms with E-state index in [2.05, 4.69) is 25.1 Å². The molecule has 3 saturated carbocycles. The second kappa shape index (κ2) is 3.84. The maximum Gasteiger partial charge on any atom is 0.129 e. The summed E-state index contributed by atoms with van der Waals surface area (Å²) >= 11 is 0. The molecule has 2 bridgehead atoms. The van der Waals surface area contributed by atoms with Crippen LogP contribution in [0.1, 0.15) is 62.7 Å². The average Bonchev–Trinajstić information content (AvgIpc) is 3.02. The van der Waals surface area contributed by atoms with Crippen LogP contribution in [0, 0.1) is 22.7 Å². The highest BCUT2D eigenvalue weighted by Crippen LogP contribution is 2.69. The van der Waals surface area contributed by atoms with E-state index in [1.807, 2.05) is 6.26 Å². The van der Waals surface area contributed by atoms with Crippen molar-refractivity contribution >= 4 is 6.08 Å². The molecule has 2 heteroatoms. The van der Waals surface area contributed by atoms with E-state index >= 15 is 0 Å². The molecule has 0 aromatic carbocycles. The van der Waals surface area contributed by atoms with Gasteiger partial charge in [-0.3, -0.25) is 0 Å². The number of hydrogen-bond donors (Lipinski definition) is 1. The van der Waals surface area contributed by atoms with Crippen molar-refractivity contribution in [1.29, 1.82) is 0 Å². The normalized spacial score (nSPS) is 50.4. The van der Waals surface area contributed by atoms with E-state index in [4.69, 9.17) is 4.42 Å². The molecule has 0 saturated heterocycles. The van der Waals surface area contributed by atoms with Gasteiger partial charge in [0.25, 0.3) is 0 Å². The number of rotatable bonds is 0. The predicted octanol–water partition coefficient (Wildman–Crippen LogP) is 4.36. The van der Waals surface area contributed by atoms with Crippen LogP contribution in [0.5, 0.6) is 0 Å². The van der Waals surface area contributed by atoms with Crippen molar-refractivity contribution < 1.29 is 9.52 Å². The number of allylic oxidation sites excluding steroid dienone is 1. The fourth-order valence-corrected chi connectivity index (χ4v) is 6.66. The first kappa shape index (κ1) is 12.5. The molecule has 1 heterocycles. The fraction of sp³-hybridized carbons (Fsp3) is 0.684. The molecule has 6 atom stereocenters. The van der Waals surface area contributed by atoms with Gasteiger partial charge in [-0.05, 0) is 79.3 Å². The van der Waals surface area contributed by atoms with Crippen LogP contribution >= 0.6 is 0 Å². The van der Waals surface area contributed by atoms with E-state index in [1.165, 1.54) is 37.7 Å². The lowest BCUT2D eigenvalue weighted by atomic mass is 9.46. The Bertz CT molecular complexity index is 611. The first-order valence-electron chi connectivity index (χ1n) is 8.57. The molecule has 0 amide bonds. The van der Waals surface area contributed by atoms with Gasteiger partial charge in [-0.25, -0.2) is 0 Å². The summed E-state index contributed by atoms with van der Waals surface area (Å²) < 4.78 is 5.64. The zero-order valence-corrected chi connectivity index (χ0v) is 12.7. The van der Waals surface area contributed by atoms with Crippen molar-refractivity contribution in [2.75, 3.05) is 0 Å². The third-order valence-electron chi connectivity index (χ3n) is 7.52. The van der Waals surface area contributed by atoms with Gasteiger partial charge >= 0.3 is 0 Å². The van der Waals surface area contributed by atoms with Crippen LogP contribution in [0.25, 0.3) is 6.08 Å². The van der Waals surface area contributed by atoms with Crippen LogP contribution < -0.4 is 0 Å². The smallest absolute Gasteiger partial charge is 0.129 e. The molecular weight excluding hydrogens is 260 g/mol. The van der Waals surface area contributed by atoms with Gasteiger partial charge in [0.1, 0.15) is 5.76 Å². The van der Waals surface area contributed by atoms with Crippen molar-refractivity contribution in [2.24, 2.45) is 22.7 Å². The highest BCUT2D eigenvalue weighted by atomic mass is 16.3. The molecule has 112 valence electrons. The van der Waals surface area contributed by atoms with Gasteiger partial charge in [0.2, 0.25) is 0 Å². The summed E-state index contributed by atoms with van der Waals surface area (Å²) in [4.78, 5) is 0. The summed E-state index contributed by atoms with van der Waals surface area (Å²) in [5.41, 5.74) is 2.10. The number of aliphatic hydroxyl groups excluding tert-OH is 1. The zero-order valence-electron chi connectivity index (χ0n) is 12.7. The second-order valence-electron chi connectivity index (χ2n) is 8.26. The number of hydrogen-bond acceptors (Lipinski definition) is 2. The topological polar surface area (TPSA) is 33.4 Å².